The van der Waals surface area contributed by atoms with Crippen molar-refractivity contribution in [3.63, 3.8) is 0 Å². The Morgan fingerprint density at radius 3 is 2.70 bits per heavy atom. The van der Waals surface area contributed by atoms with Crippen LogP contribution in [0.2, 0.25) is 5.02 Å². The fourth-order valence-corrected chi connectivity index (χ4v) is 3.72. The molecule has 1 heterocycles. The molecule has 0 unspecified atom stereocenters. The van der Waals surface area contributed by atoms with Gasteiger partial charge in [-0.05, 0) is 79.9 Å². The fraction of sp³-hybridized carbons (Fsp3) is 0.231. The molecule has 170 valence electrons. The Hall–Kier alpha value is -3.51. The third-order valence-electron chi connectivity index (χ3n) is 5.30. The number of nitrogens with zero attached hydrogens (tertiary/aromatic N) is 1. The van der Waals surface area contributed by atoms with Crippen molar-refractivity contribution in [3.05, 3.63) is 82.9 Å². The smallest absolute Gasteiger partial charge is 0.265 e. The highest BCUT2D eigenvalue weighted by Crippen LogP contribution is 2.35. The molecule has 33 heavy (non-hydrogen) atoms. The first-order valence-corrected chi connectivity index (χ1v) is 11.2. The molecule has 0 spiro atoms. The van der Waals surface area contributed by atoms with Gasteiger partial charge in [-0.1, -0.05) is 23.7 Å². The quantitative estimate of drug-likeness (QED) is 0.448. The highest BCUT2D eigenvalue weighted by Gasteiger charge is 2.25. The highest BCUT2D eigenvalue weighted by molar-refractivity contribution is 6.30. The second-order valence-corrected chi connectivity index (χ2v) is 8.29. The first-order chi connectivity index (χ1) is 16.0. The van der Waals surface area contributed by atoms with Gasteiger partial charge in [0.2, 0.25) is 0 Å². The second kappa shape index (κ2) is 10.4. The Kier molecular flexibility index (Phi) is 7.15. The molecular formula is C26H25ClN2O4. The zero-order chi connectivity index (χ0) is 23.2. The van der Waals surface area contributed by atoms with Crippen LogP contribution in [-0.4, -0.2) is 31.6 Å². The minimum absolute atomic E-state index is 0.00325. The lowest BCUT2D eigenvalue weighted by molar-refractivity contribution is -0.121. The molecule has 0 saturated heterocycles. The molecule has 3 aromatic carbocycles. The largest absolute Gasteiger partial charge is 0.494 e. The van der Waals surface area contributed by atoms with E-state index in [1.54, 1.807) is 47.4 Å². The van der Waals surface area contributed by atoms with Gasteiger partial charge in [0.1, 0.15) is 11.5 Å². The van der Waals surface area contributed by atoms with Crippen molar-refractivity contribution in [2.24, 2.45) is 0 Å². The first-order valence-electron chi connectivity index (χ1n) is 10.8. The highest BCUT2D eigenvalue weighted by atomic mass is 35.5. The molecule has 7 heteroatoms. The monoisotopic (exact) mass is 464 g/mol. The summed E-state index contributed by atoms with van der Waals surface area (Å²) in [5.74, 6) is 1.11. The number of carbonyl (C=O) groups is 2. The van der Waals surface area contributed by atoms with E-state index in [-0.39, 0.29) is 18.4 Å². The Balaban J connectivity index is 1.37. The lowest BCUT2D eigenvalue weighted by atomic mass is 10.1. The van der Waals surface area contributed by atoms with E-state index in [0.717, 1.165) is 24.2 Å². The number of unbranched alkanes of at least 4 members (excludes halogenated alkanes) is 1. The number of rotatable bonds is 8. The second-order valence-electron chi connectivity index (χ2n) is 7.85. The first kappa shape index (κ1) is 22.7. The number of hydrogen-bond acceptors (Lipinski definition) is 4. The summed E-state index contributed by atoms with van der Waals surface area (Å²) in [4.78, 5) is 26.8. The van der Waals surface area contributed by atoms with Crippen LogP contribution in [0.1, 0.15) is 28.8 Å². The van der Waals surface area contributed by atoms with Crippen molar-refractivity contribution >= 4 is 34.8 Å². The third-order valence-corrected chi connectivity index (χ3v) is 5.55. The van der Waals surface area contributed by atoms with Gasteiger partial charge < -0.3 is 19.7 Å². The van der Waals surface area contributed by atoms with Gasteiger partial charge in [-0.25, -0.2) is 0 Å². The van der Waals surface area contributed by atoms with Crippen molar-refractivity contribution in [2.45, 2.75) is 19.8 Å². The van der Waals surface area contributed by atoms with Gasteiger partial charge in [-0.2, -0.15) is 0 Å². The van der Waals surface area contributed by atoms with Crippen molar-refractivity contribution in [3.8, 4) is 11.5 Å². The van der Waals surface area contributed by atoms with E-state index in [1.807, 2.05) is 31.2 Å². The van der Waals surface area contributed by atoms with Gasteiger partial charge in [-0.3, -0.25) is 9.59 Å². The van der Waals surface area contributed by atoms with Crippen LogP contribution < -0.4 is 19.7 Å². The zero-order valence-electron chi connectivity index (χ0n) is 18.3. The summed E-state index contributed by atoms with van der Waals surface area (Å²) in [6, 6.07) is 19.9. The van der Waals surface area contributed by atoms with Gasteiger partial charge in [0.25, 0.3) is 11.8 Å². The molecule has 6 nitrogen and oxygen atoms in total. The van der Waals surface area contributed by atoms with Gasteiger partial charge in [-0.15, -0.1) is 0 Å². The molecule has 0 aromatic heterocycles. The van der Waals surface area contributed by atoms with Crippen LogP contribution in [-0.2, 0) is 4.79 Å². The molecule has 0 atom stereocenters. The van der Waals surface area contributed by atoms with Crippen LogP contribution in [0.4, 0.5) is 11.4 Å². The predicted molar refractivity (Wildman–Crippen MR) is 130 cm³/mol. The maximum atomic E-state index is 12.5. The molecule has 1 N–H and O–H groups in total. The van der Waals surface area contributed by atoms with Crippen LogP contribution in [0.5, 0.6) is 11.5 Å². The van der Waals surface area contributed by atoms with E-state index >= 15 is 0 Å². The summed E-state index contributed by atoms with van der Waals surface area (Å²) < 4.78 is 11.4. The molecule has 1 aliphatic rings. The number of nitrogens with one attached hydrogen (secondary N) is 1. The molecule has 0 aliphatic carbocycles. The van der Waals surface area contributed by atoms with Crippen LogP contribution in [0.15, 0.2) is 66.7 Å². The summed E-state index contributed by atoms with van der Waals surface area (Å²) in [5.41, 5.74) is 2.89. The zero-order valence-corrected chi connectivity index (χ0v) is 19.1. The number of carbonyl (C=O) groups excluding carboxylic acids is 2. The van der Waals surface area contributed by atoms with E-state index in [0.29, 0.717) is 40.9 Å². The summed E-state index contributed by atoms with van der Waals surface area (Å²) in [5, 5.41) is 3.43. The van der Waals surface area contributed by atoms with E-state index in [4.69, 9.17) is 21.1 Å². The van der Waals surface area contributed by atoms with Gasteiger partial charge in [0.05, 0.1) is 12.3 Å². The minimum atomic E-state index is -0.255. The van der Waals surface area contributed by atoms with Gasteiger partial charge in [0.15, 0.2) is 6.61 Å². The average Bonchev–Trinajstić information content (AvgIpc) is 2.80. The molecule has 0 fully saturated rings. The number of amides is 2. The Labute approximate surface area is 198 Å². The Morgan fingerprint density at radius 1 is 1.09 bits per heavy atom. The SMILES string of the molecule is Cc1cccc(OCCCCN2C(=O)COc3ccc(NC(=O)c4ccc(Cl)cc4)cc32)c1. The maximum absolute atomic E-state index is 12.5. The predicted octanol–water partition coefficient (Wildman–Crippen LogP) is 5.49. The summed E-state index contributed by atoms with van der Waals surface area (Å²) in [6.07, 6.45) is 1.58. The van der Waals surface area contributed by atoms with Crippen LogP contribution in [0, 0.1) is 6.92 Å². The number of fused-ring (bicyclic) bond motifs is 1. The van der Waals surface area contributed by atoms with E-state index in [9.17, 15) is 9.59 Å². The van der Waals surface area contributed by atoms with E-state index in [1.165, 1.54) is 0 Å². The van der Waals surface area contributed by atoms with Crippen molar-refractivity contribution in [2.75, 3.05) is 30.0 Å². The lowest BCUT2D eigenvalue weighted by Crippen LogP contribution is -2.39. The number of halogens is 1. The topological polar surface area (TPSA) is 67.9 Å². The minimum Gasteiger partial charge on any atom is -0.494 e. The molecule has 0 radical (unpaired) electrons. The Bertz CT molecular complexity index is 1150. The molecule has 1 aliphatic heterocycles. The van der Waals surface area contributed by atoms with Crippen molar-refractivity contribution in [1.29, 1.82) is 0 Å². The number of aryl methyl sites for hydroxylation is 1. The molecular weight excluding hydrogens is 440 g/mol. The molecule has 3 aromatic rings. The Morgan fingerprint density at radius 2 is 1.91 bits per heavy atom. The number of anilines is 2. The molecule has 2 amide bonds. The summed E-state index contributed by atoms with van der Waals surface area (Å²) in [6.45, 7) is 3.15. The van der Waals surface area contributed by atoms with Crippen LogP contribution in [0.3, 0.4) is 0 Å². The average molecular weight is 465 g/mol. The number of benzene rings is 3. The van der Waals surface area contributed by atoms with Crippen LogP contribution >= 0.6 is 11.6 Å². The van der Waals surface area contributed by atoms with Crippen molar-refractivity contribution < 1.29 is 19.1 Å². The normalized spacial score (nSPS) is 12.7. The van der Waals surface area contributed by atoms with E-state index < -0.39 is 0 Å². The molecule has 4 rings (SSSR count). The van der Waals surface area contributed by atoms with Crippen molar-refractivity contribution in [1.82, 2.24) is 0 Å². The van der Waals surface area contributed by atoms with Gasteiger partial charge in [0, 0.05) is 22.8 Å². The fourth-order valence-electron chi connectivity index (χ4n) is 3.60. The third kappa shape index (κ3) is 5.84. The lowest BCUT2D eigenvalue weighted by Gasteiger charge is -2.30. The molecule has 0 bridgehead atoms. The van der Waals surface area contributed by atoms with Gasteiger partial charge >= 0.3 is 0 Å². The summed E-state index contributed by atoms with van der Waals surface area (Å²) in [7, 11) is 0. The summed E-state index contributed by atoms with van der Waals surface area (Å²) >= 11 is 5.89. The van der Waals surface area contributed by atoms with E-state index in [2.05, 4.69) is 5.32 Å². The number of ether oxygens (including phenoxy) is 2. The number of hydrogen-bond donors (Lipinski definition) is 1. The van der Waals surface area contributed by atoms with Crippen LogP contribution in [0.25, 0.3) is 0 Å². The molecule has 0 saturated carbocycles. The standard InChI is InChI=1S/C26H25ClN2O4/c1-18-5-4-6-22(15-18)32-14-3-2-13-29-23-16-21(11-12-24(23)33-17-25(29)30)28-26(31)19-7-9-20(27)10-8-19/h4-12,15-16H,2-3,13-14,17H2,1H3,(H,28,31). The maximum Gasteiger partial charge on any atom is 0.265 e.